The van der Waals surface area contributed by atoms with Gasteiger partial charge >= 0.3 is 0 Å². The Balaban J connectivity index is 1.36. The normalized spacial score (nSPS) is 14.8. The maximum Gasteiger partial charge on any atom is 0.216 e. The maximum atomic E-state index is 9.40. The van der Waals surface area contributed by atoms with Crippen molar-refractivity contribution < 1.29 is 0 Å². The van der Waals surface area contributed by atoms with Crippen LogP contribution in [0.15, 0.2) is 48.5 Å². The van der Waals surface area contributed by atoms with Crippen LogP contribution < -0.4 is 10.2 Å². The Labute approximate surface area is 217 Å². The lowest BCUT2D eigenvalue weighted by atomic mass is 10.1. The number of aromatic nitrogens is 3. The number of nitrogens with one attached hydrogen (secondary N) is 1. The van der Waals surface area contributed by atoms with E-state index in [1.165, 1.54) is 5.56 Å². The monoisotopic (exact) mass is 499 g/mol. The van der Waals surface area contributed by atoms with Crippen LogP contribution in [0.25, 0.3) is 16.2 Å². The molecule has 36 heavy (non-hydrogen) atoms. The summed E-state index contributed by atoms with van der Waals surface area (Å²) in [5.41, 5.74) is 5.10. The molecule has 0 spiro atoms. The molecule has 4 aromatic rings. The zero-order valence-corrected chi connectivity index (χ0v) is 22.3. The van der Waals surface area contributed by atoms with E-state index in [9.17, 15) is 5.26 Å². The third-order valence-electron chi connectivity index (χ3n) is 6.50. The largest absolute Gasteiger partial charge is 0.364 e. The molecule has 1 aliphatic rings. The summed E-state index contributed by atoms with van der Waals surface area (Å²) in [5, 5.41) is 19.1. The molecule has 2 aromatic heterocycles. The number of anilines is 2. The summed E-state index contributed by atoms with van der Waals surface area (Å²) >= 11 is 1.64. The molecule has 0 aliphatic carbocycles. The molecule has 8 heteroatoms. The van der Waals surface area contributed by atoms with Gasteiger partial charge in [0, 0.05) is 43.8 Å². The molecule has 0 saturated carbocycles. The van der Waals surface area contributed by atoms with E-state index in [0.717, 1.165) is 77.4 Å². The van der Waals surface area contributed by atoms with E-state index in [1.54, 1.807) is 11.3 Å². The molecule has 0 radical (unpaired) electrons. The van der Waals surface area contributed by atoms with Crippen molar-refractivity contribution in [2.24, 2.45) is 0 Å². The van der Waals surface area contributed by atoms with Crippen molar-refractivity contribution in [3.8, 4) is 17.3 Å². The van der Waals surface area contributed by atoms with Crippen LogP contribution in [0, 0.1) is 11.3 Å². The van der Waals surface area contributed by atoms with Crippen molar-refractivity contribution in [2.75, 3.05) is 36.4 Å². The number of hydrogen-bond acceptors (Lipinski definition) is 7. The molecule has 186 valence electrons. The predicted octanol–water partition coefficient (Wildman–Crippen LogP) is 5.42. The fourth-order valence-corrected chi connectivity index (χ4v) is 5.49. The van der Waals surface area contributed by atoms with Gasteiger partial charge in [-0.25, -0.2) is 4.98 Å². The van der Waals surface area contributed by atoms with Crippen LogP contribution in [-0.2, 0) is 13.0 Å². The topological polar surface area (TPSA) is 72.5 Å². The lowest BCUT2D eigenvalue weighted by molar-refractivity contribution is 0.249. The van der Waals surface area contributed by atoms with Crippen LogP contribution in [0.3, 0.4) is 0 Å². The zero-order valence-electron chi connectivity index (χ0n) is 21.5. The molecule has 0 amide bonds. The molecule has 2 aromatic carbocycles. The maximum absolute atomic E-state index is 9.40. The number of piperazine rings is 1. The Morgan fingerprint density at radius 3 is 2.42 bits per heavy atom. The SMILES string of the molecule is CCc1ccc(-c2nc3sc(N4CCN(Cc5ccccc5C#N)CC4)nn3c2NC(C)(C)C)cc1. The summed E-state index contributed by atoms with van der Waals surface area (Å²) in [6, 6.07) is 18.9. The summed E-state index contributed by atoms with van der Waals surface area (Å²) < 4.78 is 1.98. The molecule has 3 heterocycles. The van der Waals surface area contributed by atoms with Gasteiger partial charge in [0.05, 0.1) is 11.6 Å². The molecular formula is C28H33N7S. The average molecular weight is 500 g/mol. The molecule has 0 atom stereocenters. The molecule has 1 saturated heterocycles. The minimum Gasteiger partial charge on any atom is -0.364 e. The summed E-state index contributed by atoms with van der Waals surface area (Å²) in [4.78, 5) is 10.7. The van der Waals surface area contributed by atoms with E-state index in [-0.39, 0.29) is 5.54 Å². The standard InChI is InChI=1S/C28H33N7S/c1-5-20-10-12-21(13-11-20)24-25(31-28(2,3)4)35-26(30-24)36-27(32-35)34-16-14-33(15-17-34)19-23-9-7-6-8-22(23)18-29/h6-13,31H,5,14-17,19H2,1-4H3. The highest BCUT2D eigenvalue weighted by atomic mass is 32.1. The van der Waals surface area contributed by atoms with E-state index in [2.05, 4.69) is 79.2 Å². The first-order valence-corrected chi connectivity index (χ1v) is 13.4. The first kappa shape index (κ1) is 24.3. The number of benzene rings is 2. The predicted molar refractivity (Wildman–Crippen MR) is 148 cm³/mol. The lowest BCUT2D eigenvalue weighted by Gasteiger charge is -2.34. The second-order valence-electron chi connectivity index (χ2n) is 10.3. The molecular weight excluding hydrogens is 466 g/mol. The third kappa shape index (κ3) is 5.08. The zero-order chi connectivity index (χ0) is 25.3. The van der Waals surface area contributed by atoms with Crippen LogP contribution >= 0.6 is 11.3 Å². The summed E-state index contributed by atoms with van der Waals surface area (Å²) in [6.45, 7) is 13.1. The molecule has 1 N–H and O–H groups in total. The van der Waals surface area contributed by atoms with Crippen molar-refractivity contribution in [1.82, 2.24) is 19.5 Å². The lowest BCUT2D eigenvalue weighted by Crippen LogP contribution is -2.46. The summed E-state index contributed by atoms with van der Waals surface area (Å²) in [5.74, 6) is 0.941. The van der Waals surface area contributed by atoms with Gasteiger partial charge in [-0.3, -0.25) is 4.90 Å². The summed E-state index contributed by atoms with van der Waals surface area (Å²) in [6.07, 6.45) is 1.02. The molecule has 5 rings (SSSR count). The average Bonchev–Trinajstić information content (AvgIpc) is 3.43. The third-order valence-corrected chi connectivity index (χ3v) is 7.47. The number of nitrogens with zero attached hydrogens (tertiary/aromatic N) is 6. The Bertz CT molecular complexity index is 1380. The molecule has 7 nitrogen and oxygen atoms in total. The van der Waals surface area contributed by atoms with Gasteiger partial charge in [-0.2, -0.15) is 9.78 Å². The van der Waals surface area contributed by atoms with Gasteiger partial charge in [-0.15, -0.1) is 5.10 Å². The number of hydrogen-bond donors (Lipinski definition) is 1. The Morgan fingerprint density at radius 2 is 1.75 bits per heavy atom. The molecule has 1 fully saturated rings. The Kier molecular flexibility index (Phi) is 6.69. The molecule has 0 unspecified atom stereocenters. The Hall–Kier alpha value is -3.41. The Morgan fingerprint density at radius 1 is 1.03 bits per heavy atom. The van der Waals surface area contributed by atoms with Gasteiger partial charge < -0.3 is 10.2 Å². The van der Waals surface area contributed by atoms with Crippen LogP contribution in [0.2, 0.25) is 0 Å². The van der Waals surface area contributed by atoms with Crippen LogP contribution in [0.1, 0.15) is 44.4 Å². The summed E-state index contributed by atoms with van der Waals surface area (Å²) in [7, 11) is 0. The minimum atomic E-state index is -0.122. The van der Waals surface area contributed by atoms with Gasteiger partial charge in [0.1, 0.15) is 5.69 Å². The fraction of sp³-hybridized carbons (Fsp3) is 0.393. The van der Waals surface area contributed by atoms with Crippen molar-refractivity contribution in [1.29, 1.82) is 5.26 Å². The van der Waals surface area contributed by atoms with E-state index >= 15 is 0 Å². The first-order chi connectivity index (χ1) is 17.3. The van der Waals surface area contributed by atoms with Crippen LogP contribution in [-0.4, -0.2) is 51.2 Å². The van der Waals surface area contributed by atoms with Crippen LogP contribution in [0.5, 0.6) is 0 Å². The van der Waals surface area contributed by atoms with Gasteiger partial charge in [0.2, 0.25) is 10.1 Å². The highest BCUT2D eigenvalue weighted by Crippen LogP contribution is 2.35. The second-order valence-corrected chi connectivity index (χ2v) is 11.3. The second kappa shape index (κ2) is 9.92. The smallest absolute Gasteiger partial charge is 0.216 e. The van der Waals surface area contributed by atoms with E-state index in [1.807, 2.05) is 22.7 Å². The highest BCUT2D eigenvalue weighted by molar-refractivity contribution is 7.20. The van der Waals surface area contributed by atoms with Crippen molar-refractivity contribution >= 4 is 27.2 Å². The molecule has 1 aliphatic heterocycles. The van der Waals surface area contributed by atoms with E-state index in [0.29, 0.717) is 0 Å². The first-order valence-electron chi connectivity index (χ1n) is 12.6. The van der Waals surface area contributed by atoms with Crippen molar-refractivity contribution in [3.05, 3.63) is 65.2 Å². The van der Waals surface area contributed by atoms with Crippen molar-refractivity contribution in [3.63, 3.8) is 0 Å². The number of aryl methyl sites for hydroxylation is 1. The fourth-order valence-electron chi connectivity index (χ4n) is 4.54. The number of nitriles is 1. The number of fused-ring (bicyclic) bond motifs is 1. The van der Waals surface area contributed by atoms with Gasteiger partial charge in [0.15, 0.2) is 5.82 Å². The minimum absolute atomic E-state index is 0.122. The number of imidazole rings is 1. The van der Waals surface area contributed by atoms with Crippen LogP contribution in [0.4, 0.5) is 10.9 Å². The van der Waals surface area contributed by atoms with Gasteiger partial charge in [0.25, 0.3) is 0 Å². The van der Waals surface area contributed by atoms with E-state index in [4.69, 9.17) is 10.1 Å². The number of rotatable bonds is 6. The quantitative estimate of drug-likeness (QED) is 0.382. The van der Waals surface area contributed by atoms with E-state index < -0.39 is 0 Å². The highest BCUT2D eigenvalue weighted by Gasteiger charge is 2.25. The molecule has 0 bridgehead atoms. The van der Waals surface area contributed by atoms with Gasteiger partial charge in [-0.05, 0) is 44.4 Å². The van der Waals surface area contributed by atoms with Crippen molar-refractivity contribution in [2.45, 2.75) is 46.2 Å². The van der Waals surface area contributed by atoms with Gasteiger partial charge in [-0.1, -0.05) is 60.7 Å².